The zero-order valence-corrected chi connectivity index (χ0v) is 18.5. The van der Waals surface area contributed by atoms with Crippen LogP contribution < -0.4 is 9.47 Å². The van der Waals surface area contributed by atoms with Crippen molar-refractivity contribution in [3.63, 3.8) is 0 Å². The third-order valence-corrected chi connectivity index (χ3v) is 4.98. The number of carbonyl (C=O) groups is 1. The van der Waals surface area contributed by atoms with Crippen LogP contribution in [0.3, 0.4) is 0 Å². The Hall–Kier alpha value is -3.47. The van der Waals surface area contributed by atoms with Gasteiger partial charge in [-0.25, -0.2) is 4.79 Å². The molecule has 0 amide bonds. The number of carbonyl (C=O) groups excluding carboxylic acids is 1. The molecular weight excluding hydrogens is 404 g/mol. The fourth-order valence-corrected chi connectivity index (χ4v) is 3.27. The number of ether oxygens (including phenoxy) is 3. The second-order valence-electron chi connectivity index (χ2n) is 7.43. The summed E-state index contributed by atoms with van der Waals surface area (Å²) in [6.07, 6.45) is 4.11. The summed E-state index contributed by atoms with van der Waals surface area (Å²) in [6, 6.07) is 22.3. The summed E-state index contributed by atoms with van der Waals surface area (Å²) in [4.78, 5) is 11.8. The second-order valence-corrected chi connectivity index (χ2v) is 7.43. The van der Waals surface area contributed by atoms with Crippen LogP contribution in [0, 0.1) is 0 Å². The molecule has 0 unspecified atom stereocenters. The van der Waals surface area contributed by atoms with Gasteiger partial charge in [0.15, 0.2) is 0 Å². The molecule has 0 aromatic heterocycles. The highest BCUT2D eigenvalue weighted by molar-refractivity contribution is 5.90. The van der Waals surface area contributed by atoms with E-state index in [-0.39, 0.29) is 11.7 Å². The topological polar surface area (TPSA) is 65.0 Å². The Morgan fingerprint density at radius 1 is 0.750 bits per heavy atom. The van der Waals surface area contributed by atoms with E-state index in [1.165, 1.54) is 0 Å². The van der Waals surface area contributed by atoms with E-state index in [1.54, 1.807) is 37.3 Å². The first-order valence-corrected chi connectivity index (χ1v) is 11.1. The zero-order valence-electron chi connectivity index (χ0n) is 18.5. The predicted octanol–water partition coefficient (Wildman–Crippen LogP) is 6.25. The van der Waals surface area contributed by atoms with Gasteiger partial charge in [-0.3, -0.25) is 0 Å². The van der Waals surface area contributed by atoms with Crippen molar-refractivity contribution in [1.29, 1.82) is 0 Å². The van der Waals surface area contributed by atoms with Crippen molar-refractivity contribution < 1.29 is 24.1 Å². The van der Waals surface area contributed by atoms with E-state index in [1.807, 2.05) is 42.5 Å². The van der Waals surface area contributed by atoms with Gasteiger partial charge in [-0.15, -0.1) is 0 Å². The molecular formula is C27H30O5. The SMILES string of the molecule is CCOC(=O)c1ccc(-c2ccc(OCCCCCCOc3cccc(O)c3)cc2)cc1. The van der Waals surface area contributed by atoms with E-state index < -0.39 is 0 Å². The maximum atomic E-state index is 11.8. The highest BCUT2D eigenvalue weighted by Crippen LogP contribution is 2.23. The van der Waals surface area contributed by atoms with Crippen molar-refractivity contribution in [1.82, 2.24) is 0 Å². The van der Waals surface area contributed by atoms with Crippen LogP contribution in [0.1, 0.15) is 43.0 Å². The molecule has 1 N–H and O–H groups in total. The van der Waals surface area contributed by atoms with E-state index >= 15 is 0 Å². The van der Waals surface area contributed by atoms with Gasteiger partial charge in [-0.1, -0.05) is 30.3 Å². The van der Waals surface area contributed by atoms with Crippen LogP contribution in [-0.4, -0.2) is 30.9 Å². The van der Waals surface area contributed by atoms with Crippen molar-refractivity contribution in [2.45, 2.75) is 32.6 Å². The Balaban J connectivity index is 1.32. The van der Waals surface area contributed by atoms with Crippen LogP contribution in [-0.2, 0) is 4.74 Å². The Morgan fingerprint density at radius 2 is 1.34 bits per heavy atom. The van der Waals surface area contributed by atoms with Crippen LogP contribution in [0.5, 0.6) is 17.2 Å². The van der Waals surface area contributed by atoms with E-state index in [9.17, 15) is 9.90 Å². The lowest BCUT2D eigenvalue weighted by Crippen LogP contribution is -2.03. The van der Waals surface area contributed by atoms with Crippen molar-refractivity contribution >= 4 is 5.97 Å². The van der Waals surface area contributed by atoms with Gasteiger partial charge in [-0.05, 0) is 80.1 Å². The fourth-order valence-electron chi connectivity index (χ4n) is 3.27. The van der Waals surface area contributed by atoms with Gasteiger partial charge < -0.3 is 19.3 Å². The number of hydrogen-bond donors (Lipinski definition) is 1. The Labute approximate surface area is 189 Å². The number of aromatic hydroxyl groups is 1. The summed E-state index contributed by atoms with van der Waals surface area (Å²) in [5.41, 5.74) is 2.67. The van der Waals surface area contributed by atoms with Crippen molar-refractivity contribution in [2.75, 3.05) is 19.8 Å². The quantitative estimate of drug-likeness (QED) is 0.269. The molecule has 168 valence electrons. The van der Waals surface area contributed by atoms with Crippen LogP contribution >= 0.6 is 0 Å². The molecule has 32 heavy (non-hydrogen) atoms. The largest absolute Gasteiger partial charge is 0.508 e. The molecule has 0 radical (unpaired) electrons. The third kappa shape index (κ3) is 7.34. The van der Waals surface area contributed by atoms with E-state index in [0.717, 1.165) is 42.6 Å². The molecule has 0 bridgehead atoms. The lowest BCUT2D eigenvalue weighted by Gasteiger charge is -2.09. The molecule has 0 spiro atoms. The lowest BCUT2D eigenvalue weighted by molar-refractivity contribution is 0.0526. The monoisotopic (exact) mass is 434 g/mol. The van der Waals surface area contributed by atoms with Gasteiger partial charge in [0.2, 0.25) is 0 Å². The number of hydrogen-bond acceptors (Lipinski definition) is 5. The lowest BCUT2D eigenvalue weighted by atomic mass is 10.0. The molecule has 3 aromatic rings. The summed E-state index contributed by atoms with van der Waals surface area (Å²) >= 11 is 0. The van der Waals surface area contributed by atoms with E-state index in [4.69, 9.17) is 14.2 Å². The van der Waals surface area contributed by atoms with Gasteiger partial charge in [0.05, 0.1) is 25.4 Å². The first kappa shape index (κ1) is 23.2. The number of phenols is 1. The first-order chi connectivity index (χ1) is 15.7. The second kappa shape index (κ2) is 12.4. The molecule has 0 fully saturated rings. The molecule has 0 aliphatic heterocycles. The van der Waals surface area contributed by atoms with Gasteiger partial charge in [0, 0.05) is 6.07 Å². The molecule has 3 rings (SSSR count). The van der Waals surface area contributed by atoms with Gasteiger partial charge in [-0.2, -0.15) is 0 Å². The van der Waals surface area contributed by atoms with Crippen LogP contribution in [0.4, 0.5) is 0 Å². The van der Waals surface area contributed by atoms with Gasteiger partial charge >= 0.3 is 5.97 Å². The minimum atomic E-state index is -0.299. The molecule has 5 nitrogen and oxygen atoms in total. The summed E-state index contributed by atoms with van der Waals surface area (Å²) in [7, 11) is 0. The average Bonchev–Trinajstić information content (AvgIpc) is 2.81. The van der Waals surface area contributed by atoms with Crippen molar-refractivity contribution in [3.8, 4) is 28.4 Å². The van der Waals surface area contributed by atoms with Gasteiger partial charge in [0.1, 0.15) is 17.2 Å². The summed E-state index contributed by atoms with van der Waals surface area (Å²) in [6.45, 7) is 3.50. The number of rotatable bonds is 12. The maximum absolute atomic E-state index is 11.8. The van der Waals surface area contributed by atoms with E-state index in [0.29, 0.717) is 31.1 Å². The Bertz CT molecular complexity index is 964. The third-order valence-electron chi connectivity index (χ3n) is 4.98. The molecule has 0 atom stereocenters. The minimum Gasteiger partial charge on any atom is -0.508 e. The molecule has 0 aliphatic carbocycles. The highest BCUT2D eigenvalue weighted by Gasteiger charge is 2.06. The molecule has 0 saturated carbocycles. The average molecular weight is 435 g/mol. The number of phenolic OH excluding ortho intramolecular Hbond substituents is 1. The zero-order chi connectivity index (χ0) is 22.6. The van der Waals surface area contributed by atoms with Gasteiger partial charge in [0.25, 0.3) is 0 Å². The summed E-state index contributed by atoms with van der Waals surface area (Å²) in [5.74, 6) is 1.47. The molecule has 0 heterocycles. The predicted molar refractivity (Wildman–Crippen MR) is 125 cm³/mol. The maximum Gasteiger partial charge on any atom is 0.338 e. The van der Waals surface area contributed by atoms with Crippen molar-refractivity contribution in [2.24, 2.45) is 0 Å². The molecule has 5 heteroatoms. The minimum absolute atomic E-state index is 0.222. The number of benzene rings is 3. The van der Waals surface area contributed by atoms with Crippen LogP contribution in [0.15, 0.2) is 72.8 Å². The molecule has 3 aromatic carbocycles. The molecule has 0 saturated heterocycles. The Morgan fingerprint density at radius 3 is 1.94 bits per heavy atom. The van der Waals surface area contributed by atoms with Crippen LogP contribution in [0.2, 0.25) is 0 Å². The first-order valence-electron chi connectivity index (χ1n) is 11.1. The number of unbranched alkanes of at least 4 members (excludes halogenated alkanes) is 3. The highest BCUT2D eigenvalue weighted by atomic mass is 16.5. The smallest absolute Gasteiger partial charge is 0.338 e. The normalized spacial score (nSPS) is 10.5. The fraction of sp³-hybridized carbons (Fsp3) is 0.296. The van der Waals surface area contributed by atoms with E-state index in [2.05, 4.69) is 0 Å². The number of esters is 1. The van der Waals surface area contributed by atoms with Crippen LogP contribution in [0.25, 0.3) is 11.1 Å². The summed E-state index contributed by atoms with van der Waals surface area (Å²) < 4.78 is 16.5. The Kier molecular flexibility index (Phi) is 8.99. The molecule has 0 aliphatic rings. The standard InChI is InChI=1S/C27H30O5/c1-2-30-27(29)23-12-10-21(11-13-23)22-14-16-25(17-15-22)31-18-5-3-4-6-19-32-26-9-7-8-24(28)20-26/h7-17,20,28H,2-6,18-19H2,1H3. The summed E-state index contributed by atoms with van der Waals surface area (Å²) in [5, 5.41) is 9.42. The van der Waals surface area contributed by atoms with Crippen molar-refractivity contribution in [3.05, 3.63) is 78.4 Å².